The predicted molar refractivity (Wildman–Crippen MR) is 196 cm³/mol. The summed E-state index contributed by atoms with van der Waals surface area (Å²) in [6, 6.07) is 25.0. The minimum atomic E-state index is -0.930. The minimum absolute atomic E-state index is 0.0209. The standard InChI is InChI=1S/C39H53N5O5/c1-41(37(46)17-7-4-10-24-40-33-20-18-32(19-21-33)38(47)42(2)25-11-12-30-45)28-29-43-26-22-34(23-27-43)44(39(48)49)36-16-9-8-15-35(36)31-13-5-3-6-14-31/h3,5-6,8-9,13-16,18-21,34,40,45H,4,7,10-12,17,22-30H2,1-2H3,(H,48,49). The normalized spacial score (nSPS) is 13.5. The summed E-state index contributed by atoms with van der Waals surface area (Å²) in [5.41, 5.74) is 4.25. The lowest BCUT2D eigenvalue weighted by atomic mass is 9.98. The molecule has 0 spiro atoms. The number of anilines is 2. The highest BCUT2D eigenvalue weighted by Crippen LogP contribution is 2.34. The van der Waals surface area contributed by atoms with E-state index in [9.17, 15) is 19.5 Å². The van der Waals surface area contributed by atoms with Gasteiger partial charge in [0, 0.05) is 89.2 Å². The number of nitrogens with zero attached hydrogens (tertiary/aromatic N) is 4. The van der Waals surface area contributed by atoms with Gasteiger partial charge in [0.25, 0.3) is 5.91 Å². The molecule has 3 aromatic carbocycles. The molecule has 0 bridgehead atoms. The molecule has 1 heterocycles. The molecule has 0 aliphatic carbocycles. The molecule has 3 amide bonds. The number of unbranched alkanes of at least 4 members (excludes halogenated alkanes) is 3. The van der Waals surface area contributed by atoms with Crippen molar-refractivity contribution in [2.24, 2.45) is 0 Å². The first kappa shape index (κ1) is 37.4. The number of carbonyl (C=O) groups is 3. The van der Waals surface area contributed by atoms with Crippen LogP contribution in [-0.4, -0.2) is 109 Å². The maximum absolute atomic E-state index is 12.8. The van der Waals surface area contributed by atoms with E-state index in [-0.39, 0.29) is 24.5 Å². The Kier molecular flexibility index (Phi) is 14.9. The number of rotatable bonds is 18. The Hall–Kier alpha value is -4.41. The summed E-state index contributed by atoms with van der Waals surface area (Å²) in [6.07, 6.45) is 5.28. The number of likely N-dealkylation sites (tertiary alicyclic amines) is 1. The number of carbonyl (C=O) groups excluding carboxylic acids is 2. The highest BCUT2D eigenvalue weighted by molar-refractivity contribution is 5.94. The zero-order valence-electron chi connectivity index (χ0n) is 29.1. The van der Waals surface area contributed by atoms with E-state index in [2.05, 4.69) is 10.2 Å². The van der Waals surface area contributed by atoms with Crippen molar-refractivity contribution in [2.75, 3.05) is 70.2 Å². The Morgan fingerprint density at radius 2 is 1.49 bits per heavy atom. The third-order valence-corrected chi connectivity index (χ3v) is 9.33. The maximum Gasteiger partial charge on any atom is 0.412 e. The van der Waals surface area contributed by atoms with E-state index in [4.69, 9.17) is 5.11 Å². The van der Waals surface area contributed by atoms with Crippen LogP contribution < -0.4 is 10.2 Å². The monoisotopic (exact) mass is 671 g/mol. The van der Waals surface area contributed by atoms with Crippen molar-refractivity contribution < 1.29 is 24.6 Å². The zero-order chi connectivity index (χ0) is 35.0. The molecule has 0 atom stereocenters. The number of carboxylic acid groups (broad SMARTS) is 1. The number of piperidine rings is 1. The summed E-state index contributed by atoms with van der Waals surface area (Å²) in [5.74, 6) is 0.131. The lowest BCUT2D eigenvalue weighted by molar-refractivity contribution is -0.130. The zero-order valence-corrected chi connectivity index (χ0v) is 29.1. The Balaban J connectivity index is 1.11. The topological polar surface area (TPSA) is 117 Å². The third kappa shape index (κ3) is 11.3. The SMILES string of the molecule is CN(CCN1CCC(N(C(=O)O)c2ccccc2-c2ccccc2)CC1)C(=O)CCCCCNc1ccc(C(=O)N(C)CCCCO)cc1. The molecule has 264 valence electrons. The van der Waals surface area contributed by atoms with E-state index in [1.165, 1.54) is 0 Å². The number of benzene rings is 3. The van der Waals surface area contributed by atoms with Gasteiger partial charge in [-0.05, 0) is 74.4 Å². The molecule has 3 aromatic rings. The van der Waals surface area contributed by atoms with E-state index in [0.29, 0.717) is 31.5 Å². The van der Waals surface area contributed by atoms with Gasteiger partial charge in [0.2, 0.25) is 5.91 Å². The van der Waals surface area contributed by atoms with Crippen molar-refractivity contribution in [2.45, 2.75) is 57.4 Å². The van der Waals surface area contributed by atoms with Gasteiger partial charge in [-0.3, -0.25) is 14.5 Å². The fourth-order valence-electron chi connectivity index (χ4n) is 6.33. The van der Waals surface area contributed by atoms with E-state index in [0.717, 1.165) is 87.2 Å². The average molecular weight is 672 g/mol. The van der Waals surface area contributed by atoms with Gasteiger partial charge < -0.3 is 30.2 Å². The molecule has 10 heteroatoms. The van der Waals surface area contributed by atoms with Crippen molar-refractivity contribution in [3.05, 3.63) is 84.4 Å². The first-order chi connectivity index (χ1) is 23.8. The molecular weight excluding hydrogens is 618 g/mol. The summed E-state index contributed by atoms with van der Waals surface area (Å²) < 4.78 is 0. The minimum Gasteiger partial charge on any atom is -0.465 e. The van der Waals surface area contributed by atoms with Crippen LogP contribution in [0.4, 0.5) is 16.2 Å². The van der Waals surface area contributed by atoms with E-state index >= 15 is 0 Å². The summed E-state index contributed by atoms with van der Waals surface area (Å²) in [5, 5.41) is 22.6. The number of nitrogens with one attached hydrogen (secondary N) is 1. The van der Waals surface area contributed by atoms with E-state index in [1.807, 2.05) is 90.8 Å². The number of aliphatic hydroxyl groups excluding tert-OH is 1. The molecule has 0 radical (unpaired) electrons. The van der Waals surface area contributed by atoms with Gasteiger partial charge in [0.15, 0.2) is 0 Å². The summed E-state index contributed by atoms with van der Waals surface area (Å²) in [6.45, 7) is 4.57. The smallest absolute Gasteiger partial charge is 0.412 e. The largest absolute Gasteiger partial charge is 0.465 e. The molecule has 0 saturated carbocycles. The molecule has 49 heavy (non-hydrogen) atoms. The molecule has 0 unspecified atom stereocenters. The number of aliphatic hydroxyl groups is 1. The van der Waals surface area contributed by atoms with Crippen molar-refractivity contribution in [3.8, 4) is 11.1 Å². The summed E-state index contributed by atoms with van der Waals surface area (Å²) >= 11 is 0. The van der Waals surface area contributed by atoms with Gasteiger partial charge >= 0.3 is 6.09 Å². The average Bonchev–Trinajstić information content (AvgIpc) is 3.13. The quantitative estimate of drug-likeness (QED) is 0.136. The fourth-order valence-corrected chi connectivity index (χ4v) is 6.33. The van der Waals surface area contributed by atoms with E-state index in [1.54, 1.807) is 16.8 Å². The number of hydrogen-bond acceptors (Lipinski definition) is 6. The molecular formula is C39H53N5O5. The van der Waals surface area contributed by atoms with Gasteiger partial charge in [-0.15, -0.1) is 0 Å². The number of likely N-dealkylation sites (N-methyl/N-ethyl adjacent to an activating group) is 1. The van der Waals surface area contributed by atoms with Gasteiger partial charge in [-0.25, -0.2) is 4.79 Å². The molecule has 1 fully saturated rings. The second-order valence-electron chi connectivity index (χ2n) is 12.9. The summed E-state index contributed by atoms with van der Waals surface area (Å²) in [4.78, 5) is 45.2. The van der Waals surface area contributed by atoms with Crippen molar-refractivity contribution in [1.29, 1.82) is 0 Å². The predicted octanol–water partition coefficient (Wildman–Crippen LogP) is 6.28. The van der Waals surface area contributed by atoms with Crippen LogP contribution in [0, 0.1) is 0 Å². The Morgan fingerprint density at radius 3 is 2.18 bits per heavy atom. The molecule has 3 N–H and O–H groups in total. The Bertz CT molecular complexity index is 1460. The highest BCUT2D eigenvalue weighted by Gasteiger charge is 2.30. The third-order valence-electron chi connectivity index (χ3n) is 9.33. The van der Waals surface area contributed by atoms with Crippen LogP contribution >= 0.6 is 0 Å². The molecule has 0 aromatic heterocycles. The molecule has 1 aliphatic heterocycles. The Morgan fingerprint density at radius 1 is 0.796 bits per heavy atom. The second kappa shape index (κ2) is 19.6. The number of amides is 3. The molecule has 1 saturated heterocycles. The van der Waals surface area contributed by atoms with Gasteiger partial charge in [0.05, 0.1) is 5.69 Å². The molecule has 10 nitrogen and oxygen atoms in total. The van der Waals surface area contributed by atoms with Crippen LogP contribution in [0.25, 0.3) is 11.1 Å². The first-order valence-electron chi connectivity index (χ1n) is 17.6. The summed E-state index contributed by atoms with van der Waals surface area (Å²) in [7, 11) is 3.65. The van der Waals surface area contributed by atoms with Gasteiger partial charge in [0.1, 0.15) is 0 Å². The van der Waals surface area contributed by atoms with Crippen LogP contribution in [0.2, 0.25) is 0 Å². The highest BCUT2D eigenvalue weighted by atomic mass is 16.4. The molecule has 4 rings (SSSR count). The van der Waals surface area contributed by atoms with Gasteiger partial charge in [-0.2, -0.15) is 0 Å². The van der Waals surface area contributed by atoms with E-state index < -0.39 is 6.09 Å². The number of para-hydroxylation sites is 1. The van der Waals surface area contributed by atoms with Crippen molar-refractivity contribution in [3.63, 3.8) is 0 Å². The van der Waals surface area contributed by atoms with Crippen molar-refractivity contribution in [1.82, 2.24) is 14.7 Å². The van der Waals surface area contributed by atoms with Crippen LogP contribution in [0.5, 0.6) is 0 Å². The van der Waals surface area contributed by atoms with Crippen LogP contribution in [0.3, 0.4) is 0 Å². The lowest BCUT2D eigenvalue weighted by Crippen LogP contribution is -2.48. The Labute approximate surface area is 291 Å². The maximum atomic E-state index is 12.8. The van der Waals surface area contributed by atoms with Crippen LogP contribution in [0.1, 0.15) is 61.7 Å². The van der Waals surface area contributed by atoms with Gasteiger partial charge in [-0.1, -0.05) is 55.0 Å². The van der Waals surface area contributed by atoms with Crippen LogP contribution in [0.15, 0.2) is 78.9 Å². The first-order valence-corrected chi connectivity index (χ1v) is 17.6. The lowest BCUT2D eigenvalue weighted by Gasteiger charge is -2.38. The van der Waals surface area contributed by atoms with Crippen molar-refractivity contribution >= 4 is 29.3 Å². The number of hydrogen-bond donors (Lipinski definition) is 3. The van der Waals surface area contributed by atoms with Crippen LogP contribution in [-0.2, 0) is 4.79 Å². The second-order valence-corrected chi connectivity index (χ2v) is 12.9. The fraction of sp³-hybridized carbons (Fsp3) is 0.462. The molecule has 1 aliphatic rings.